The maximum absolute atomic E-state index is 5.16. The smallest absolute Gasteiger partial charge is 0.0705 e. The Morgan fingerprint density at radius 2 is 0.583 bits per heavy atom. The molecule has 10 rings (SSSR count). The quantitative estimate of drug-likeness (QED) is 0.115. The van der Waals surface area contributed by atoms with Crippen molar-refractivity contribution in [3.8, 4) is 67.2 Å². The van der Waals surface area contributed by atoms with E-state index in [-0.39, 0.29) is 16.2 Å². The molecule has 0 radical (unpaired) electrons. The second-order valence-electron chi connectivity index (χ2n) is 20.7. The van der Waals surface area contributed by atoms with Crippen molar-refractivity contribution in [2.24, 2.45) is 31.2 Å². The molecule has 1 aliphatic rings. The molecule has 3 aromatic heterocycles. The van der Waals surface area contributed by atoms with Crippen LogP contribution in [-0.2, 0) is 0 Å². The number of hydrogen-bond acceptors (Lipinski definition) is 6. The van der Waals surface area contributed by atoms with E-state index in [0.717, 1.165) is 86.8 Å². The number of aromatic nitrogens is 3. The van der Waals surface area contributed by atoms with Crippen LogP contribution < -0.4 is 0 Å². The minimum atomic E-state index is -0.261. The minimum absolute atomic E-state index is 0.261. The zero-order valence-corrected chi connectivity index (χ0v) is 42.1. The van der Waals surface area contributed by atoms with Crippen molar-refractivity contribution >= 4 is 35.7 Å². The Kier molecular flexibility index (Phi) is 13.3. The van der Waals surface area contributed by atoms with Crippen molar-refractivity contribution in [3.63, 3.8) is 0 Å². The fourth-order valence-electron chi connectivity index (χ4n) is 11.0. The predicted octanol–water partition coefficient (Wildman–Crippen LogP) is 17.5. The third kappa shape index (κ3) is 10.9. The van der Waals surface area contributed by atoms with Crippen LogP contribution in [0.25, 0.3) is 67.2 Å². The fourth-order valence-corrected chi connectivity index (χ4v) is 11.0. The van der Waals surface area contributed by atoms with E-state index in [2.05, 4.69) is 224 Å². The molecule has 1 aliphatic carbocycles. The summed E-state index contributed by atoms with van der Waals surface area (Å²) in [5.74, 6) is 0. The van der Waals surface area contributed by atoms with Crippen LogP contribution in [0.5, 0.6) is 0 Å². The molecule has 1 saturated carbocycles. The van der Waals surface area contributed by atoms with E-state index in [9.17, 15) is 0 Å². The van der Waals surface area contributed by atoms with Crippen LogP contribution in [0.15, 0.2) is 216 Å². The molecule has 0 bridgehead atoms. The highest BCUT2D eigenvalue weighted by atomic mass is 14.8. The Balaban J connectivity index is 0.892. The first-order chi connectivity index (χ1) is 34.9. The number of pyridine rings is 3. The molecule has 72 heavy (non-hydrogen) atoms. The van der Waals surface area contributed by atoms with Crippen LogP contribution in [0, 0.1) is 37.0 Å². The summed E-state index contributed by atoms with van der Waals surface area (Å²) in [5.41, 5.74) is 18.5. The number of benzene rings is 6. The average molecular weight is 937 g/mol. The third-order valence-corrected chi connectivity index (χ3v) is 14.1. The Hall–Kier alpha value is -8.22. The average Bonchev–Trinajstić information content (AvgIpc) is 3.40. The van der Waals surface area contributed by atoms with E-state index < -0.39 is 0 Å². The van der Waals surface area contributed by atoms with Crippen LogP contribution in [0.4, 0.5) is 17.1 Å². The predicted molar refractivity (Wildman–Crippen MR) is 302 cm³/mol. The second kappa shape index (κ2) is 20.2. The van der Waals surface area contributed by atoms with E-state index in [0.29, 0.717) is 0 Å². The van der Waals surface area contributed by atoms with Gasteiger partial charge in [-0.1, -0.05) is 148 Å². The first-order valence-electron chi connectivity index (χ1n) is 24.9. The molecular formula is C66H60N6. The lowest BCUT2D eigenvalue weighted by atomic mass is 9.55. The molecule has 0 N–H and O–H groups in total. The van der Waals surface area contributed by atoms with Gasteiger partial charge < -0.3 is 0 Å². The largest absolute Gasteiger partial charge is 0.261 e. The first kappa shape index (κ1) is 47.5. The zero-order chi connectivity index (χ0) is 49.7. The molecule has 6 nitrogen and oxygen atoms in total. The van der Waals surface area contributed by atoms with Crippen molar-refractivity contribution < 1.29 is 0 Å². The van der Waals surface area contributed by atoms with Crippen molar-refractivity contribution in [1.29, 1.82) is 0 Å². The number of hydrogen-bond donors (Lipinski definition) is 0. The van der Waals surface area contributed by atoms with Gasteiger partial charge in [0.25, 0.3) is 0 Å². The number of aliphatic imine (C=N–C) groups is 3. The van der Waals surface area contributed by atoms with Crippen LogP contribution in [0.3, 0.4) is 0 Å². The lowest BCUT2D eigenvalue weighted by molar-refractivity contribution is 0.121. The van der Waals surface area contributed by atoms with Gasteiger partial charge in [0.1, 0.15) is 0 Å². The lowest BCUT2D eigenvalue weighted by Gasteiger charge is -2.49. The molecule has 0 amide bonds. The maximum Gasteiger partial charge on any atom is 0.0705 e. The van der Waals surface area contributed by atoms with Crippen LogP contribution in [0.1, 0.15) is 56.7 Å². The van der Waals surface area contributed by atoms with Gasteiger partial charge in [-0.15, -0.1) is 0 Å². The molecule has 3 heterocycles. The molecule has 0 unspecified atom stereocenters. The summed E-state index contributed by atoms with van der Waals surface area (Å²) in [6.45, 7) is 13.5. The molecule has 354 valence electrons. The third-order valence-electron chi connectivity index (χ3n) is 14.1. The van der Waals surface area contributed by atoms with Gasteiger partial charge in [-0.05, 0) is 128 Å². The van der Waals surface area contributed by atoms with Crippen molar-refractivity contribution in [2.45, 2.75) is 60.8 Å². The van der Waals surface area contributed by atoms with Gasteiger partial charge in [0, 0.05) is 86.9 Å². The minimum Gasteiger partial charge on any atom is -0.261 e. The number of aryl methyl sites for hydroxylation is 3. The van der Waals surface area contributed by atoms with Crippen molar-refractivity contribution in [1.82, 2.24) is 15.0 Å². The van der Waals surface area contributed by atoms with Crippen LogP contribution in [-0.4, -0.2) is 33.6 Å². The SMILES string of the molecule is Cc1cc(-c2ccc(/N=C\C3(C)CC(C)(/C=N\c4ccc(-c5cc(C)c(-c6ccccc6)cn5)cc4)CC(C)(/C=N\c4ccc(-c5cc(C)c(-c6ccccc6)cn5)cc4)C3)cc2)ncc1-c1ccccc1. The maximum atomic E-state index is 5.16. The summed E-state index contributed by atoms with van der Waals surface area (Å²) in [5, 5.41) is 0. The van der Waals surface area contributed by atoms with E-state index >= 15 is 0 Å². The highest BCUT2D eigenvalue weighted by Gasteiger charge is 2.47. The summed E-state index contributed by atoms with van der Waals surface area (Å²) < 4.78 is 0. The van der Waals surface area contributed by atoms with Gasteiger partial charge in [-0.2, -0.15) is 0 Å². The highest BCUT2D eigenvalue weighted by Crippen LogP contribution is 2.53. The van der Waals surface area contributed by atoms with Gasteiger partial charge in [-0.3, -0.25) is 29.9 Å². The monoisotopic (exact) mass is 936 g/mol. The molecule has 0 atom stereocenters. The zero-order valence-electron chi connectivity index (χ0n) is 42.1. The van der Waals surface area contributed by atoms with Crippen LogP contribution in [0.2, 0.25) is 0 Å². The van der Waals surface area contributed by atoms with Crippen LogP contribution >= 0.6 is 0 Å². The van der Waals surface area contributed by atoms with E-state index in [1.165, 1.54) is 33.4 Å². The van der Waals surface area contributed by atoms with Gasteiger partial charge in [-0.25, -0.2) is 0 Å². The summed E-state index contributed by atoms with van der Waals surface area (Å²) >= 11 is 0. The second-order valence-corrected chi connectivity index (χ2v) is 20.7. The topological polar surface area (TPSA) is 75.8 Å². The van der Waals surface area contributed by atoms with Gasteiger partial charge in [0.2, 0.25) is 0 Å². The molecule has 0 aliphatic heterocycles. The summed E-state index contributed by atoms with van der Waals surface area (Å²) in [4.78, 5) is 30.1. The Morgan fingerprint density at radius 1 is 0.333 bits per heavy atom. The normalized spacial score (nSPS) is 19.1. The molecule has 1 fully saturated rings. The first-order valence-corrected chi connectivity index (χ1v) is 24.9. The van der Waals surface area contributed by atoms with E-state index in [1.54, 1.807) is 0 Å². The molecule has 9 aromatic rings. The molecule has 0 spiro atoms. The summed E-state index contributed by atoms with van der Waals surface area (Å²) in [7, 11) is 0. The Bertz CT molecular complexity index is 3040. The van der Waals surface area contributed by atoms with Gasteiger partial charge in [0.15, 0.2) is 0 Å². The summed E-state index contributed by atoms with van der Waals surface area (Å²) in [6, 6.07) is 63.1. The lowest BCUT2D eigenvalue weighted by Crippen LogP contribution is -2.44. The van der Waals surface area contributed by atoms with Gasteiger partial charge in [0.05, 0.1) is 34.1 Å². The standard InChI is InChI=1S/C66H60N6/c1-46-34-61(67-37-58(46)49-16-10-7-11-17-49)52-22-28-55(29-23-52)70-43-64(4)40-65(5,44-71-56-30-24-53(25-31-56)62-35-47(2)59(38-68-62)50-18-12-8-13-19-50)42-66(6,41-64)45-72-57-32-26-54(27-33-57)63-36-48(3)60(39-69-63)51-20-14-9-15-21-51/h7-39,43-45H,40-42H2,1-6H3/b70-43-,71-44-,72-45-. The highest BCUT2D eigenvalue weighted by molar-refractivity contribution is 5.80. The van der Waals surface area contributed by atoms with Crippen molar-refractivity contribution in [3.05, 3.63) is 217 Å². The Labute approximate surface area is 425 Å². The van der Waals surface area contributed by atoms with E-state index in [1.807, 2.05) is 36.8 Å². The van der Waals surface area contributed by atoms with E-state index in [4.69, 9.17) is 29.9 Å². The summed E-state index contributed by atoms with van der Waals surface area (Å²) in [6.07, 6.45) is 15.1. The molecule has 6 aromatic carbocycles. The fraction of sp³-hybridized carbons (Fsp3) is 0.182. The van der Waals surface area contributed by atoms with Gasteiger partial charge >= 0.3 is 0 Å². The van der Waals surface area contributed by atoms with Crippen molar-refractivity contribution in [2.75, 3.05) is 0 Å². The molecule has 6 heteroatoms. The number of rotatable bonds is 12. The number of nitrogens with zero attached hydrogens (tertiary/aromatic N) is 6. The molecule has 0 saturated heterocycles. The molecular weight excluding hydrogens is 877 g/mol. The Morgan fingerprint density at radius 3 is 0.819 bits per heavy atom.